The van der Waals surface area contributed by atoms with Crippen molar-refractivity contribution >= 4 is 15.9 Å². The molecule has 0 aromatic carbocycles. The van der Waals surface area contributed by atoms with Crippen LogP contribution >= 0.6 is 15.9 Å². The van der Waals surface area contributed by atoms with Gasteiger partial charge in [0.1, 0.15) is 0 Å². The molecule has 0 radical (unpaired) electrons. The maximum absolute atomic E-state index is 10.1. The lowest BCUT2D eigenvalue weighted by molar-refractivity contribution is 0.195. The monoisotopic (exact) mass is 272 g/mol. The van der Waals surface area contributed by atoms with Crippen LogP contribution in [-0.4, -0.2) is 11.2 Å². The number of halogens is 1. The Morgan fingerprint density at radius 2 is 1.93 bits per heavy atom. The van der Waals surface area contributed by atoms with E-state index in [0.29, 0.717) is 0 Å². The summed E-state index contributed by atoms with van der Waals surface area (Å²) in [6.07, 6.45) is 10.6. The van der Waals surface area contributed by atoms with Crippen molar-refractivity contribution in [3.63, 3.8) is 0 Å². The maximum atomic E-state index is 10.1. The number of hydrogen-bond acceptors (Lipinski definition) is 1. The summed E-state index contributed by atoms with van der Waals surface area (Å²) in [7, 11) is 0. The zero-order chi connectivity index (χ0) is 11.1. The summed E-state index contributed by atoms with van der Waals surface area (Å²) in [5, 5.41) is 10.1. The molecule has 0 spiro atoms. The number of allylic oxidation sites excluding steroid dienone is 2. The second-order valence-corrected chi connectivity index (χ2v) is 5.18. The smallest absolute Gasteiger partial charge is 0.0763 e. The van der Waals surface area contributed by atoms with Crippen molar-refractivity contribution < 1.29 is 5.11 Å². The molecule has 0 amide bonds. The van der Waals surface area contributed by atoms with Crippen LogP contribution in [0.2, 0.25) is 0 Å². The average Bonchev–Trinajstić information content (AvgIpc) is 2.20. The van der Waals surface area contributed by atoms with Crippen molar-refractivity contribution in [2.24, 2.45) is 0 Å². The van der Waals surface area contributed by atoms with Gasteiger partial charge in [-0.2, -0.15) is 0 Å². The van der Waals surface area contributed by atoms with E-state index < -0.39 is 0 Å². The van der Waals surface area contributed by atoms with E-state index in [1.165, 1.54) is 35.7 Å². The molecule has 0 saturated carbocycles. The summed E-state index contributed by atoms with van der Waals surface area (Å²) in [6.45, 7) is 3.69. The Bertz CT molecular complexity index is 233. The minimum absolute atomic E-state index is 0.268. The molecule has 0 aromatic rings. The largest absolute Gasteiger partial charge is 0.389 e. The molecule has 2 heteroatoms. The lowest BCUT2D eigenvalue weighted by atomic mass is 9.94. The van der Waals surface area contributed by atoms with Crippen molar-refractivity contribution in [3.05, 3.63) is 22.7 Å². The van der Waals surface area contributed by atoms with Crippen LogP contribution in [0.3, 0.4) is 0 Å². The fourth-order valence-corrected chi connectivity index (χ4v) is 2.79. The summed E-state index contributed by atoms with van der Waals surface area (Å²) < 4.78 is 1.25. The molecule has 1 atom stereocenters. The minimum atomic E-state index is -0.268. The first kappa shape index (κ1) is 13.0. The molecule has 15 heavy (non-hydrogen) atoms. The molecule has 0 fully saturated rings. The standard InChI is InChI=1S/C13H21BrO/c1-2-3-10-13(15)11-8-6-4-5-7-9-12(11)14/h2,13,15H,1,3-10H2/b12-11-. The molecule has 1 rings (SSSR count). The van der Waals surface area contributed by atoms with E-state index in [1.807, 2.05) is 6.08 Å². The molecule has 1 aliphatic carbocycles. The second-order valence-electron chi connectivity index (χ2n) is 4.23. The summed E-state index contributed by atoms with van der Waals surface area (Å²) in [4.78, 5) is 0. The zero-order valence-corrected chi connectivity index (χ0v) is 10.9. The molecule has 1 unspecified atom stereocenters. The SMILES string of the molecule is C=CCCC(O)/C1=C(\Br)CCCCCC1. The van der Waals surface area contributed by atoms with Crippen LogP contribution in [0.25, 0.3) is 0 Å². The Hall–Kier alpha value is -0.0800. The summed E-state index contributed by atoms with van der Waals surface area (Å²) in [5.41, 5.74) is 1.23. The van der Waals surface area contributed by atoms with Crippen molar-refractivity contribution in [2.75, 3.05) is 0 Å². The third-order valence-electron chi connectivity index (χ3n) is 2.99. The Kier molecular flexibility index (Phi) is 6.26. The minimum Gasteiger partial charge on any atom is -0.389 e. The average molecular weight is 273 g/mol. The van der Waals surface area contributed by atoms with Crippen molar-refractivity contribution in [2.45, 2.75) is 57.5 Å². The molecule has 0 bridgehead atoms. The number of rotatable bonds is 4. The lowest BCUT2D eigenvalue weighted by Gasteiger charge is -2.19. The highest BCUT2D eigenvalue weighted by Gasteiger charge is 2.15. The molecule has 1 aliphatic rings. The normalized spacial score (nSPS) is 25.5. The predicted octanol–water partition coefficient (Wildman–Crippen LogP) is 4.32. The molecular formula is C13H21BrO. The lowest BCUT2D eigenvalue weighted by Crippen LogP contribution is -2.12. The van der Waals surface area contributed by atoms with Crippen LogP contribution in [0.5, 0.6) is 0 Å². The number of aliphatic hydroxyl groups excluding tert-OH is 1. The molecule has 0 aliphatic heterocycles. The van der Waals surface area contributed by atoms with Crippen LogP contribution in [0.1, 0.15) is 51.4 Å². The first-order chi connectivity index (χ1) is 7.25. The molecule has 0 heterocycles. The van der Waals surface area contributed by atoms with E-state index in [0.717, 1.165) is 25.7 Å². The van der Waals surface area contributed by atoms with E-state index >= 15 is 0 Å². The highest BCUT2D eigenvalue weighted by atomic mass is 79.9. The van der Waals surface area contributed by atoms with Gasteiger partial charge in [0.05, 0.1) is 6.10 Å². The summed E-state index contributed by atoms with van der Waals surface area (Å²) in [5.74, 6) is 0. The molecule has 1 N–H and O–H groups in total. The highest BCUT2D eigenvalue weighted by molar-refractivity contribution is 9.11. The Morgan fingerprint density at radius 3 is 2.60 bits per heavy atom. The van der Waals surface area contributed by atoms with Gasteiger partial charge >= 0.3 is 0 Å². The van der Waals surface area contributed by atoms with E-state index in [-0.39, 0.29) is 6.10 Å². The first-order valence-electron chi connectivity index (χ1n) is 5.92. The van der Waals surface area contributed by atoms with Crippen LogP contribution in [0, 0.1) is 0 Å². The van der Waals surface area contributed by atoms with Crippen LogP contribution in [-0.2, 0) is 0 Å². The molecule has 86 valence electrons. The van der Waals surface area contributed by atoms with Gasteiger partial charge in [0.25, 0.3) is 0 Å². The van der Waals surface area contributed by atoms with E-state index in [4.69, 9.17) is 0 Å². The van der Waals surface area contributed by atoms with Crippen molar-refractivity contribution in [1.29, 1.82) is 0 Å². The number of hydrogen-bond donors (Lipinski definition) is 1. The van der Waals surface area contributed by atoms with Gasteiger partial charge in [0.2, 0.25) is 0 Å². The summed E-state index contributed by atoms with van der Waals surface area (Å²) in [6, 6.07) is 0. The van der Waals surface area contributed by atoms with Gasteiger partial charge in [-0.05, 0) is 48.6 Å². The molecular weight excluding hydrogens is 252 g/mol. The van der Waals surface area contributed by atoms with Gasteiger partial charge in [-0.15, -0.1) is 6.58 Å². The Balaban J connectivity index is 2.59. The topological polar surface area (TPSA) is 20.2 Å². The van der Waals surface area contributed by atoms with Crippen molar-refractivity contribution in [1.82, 2.24) is 0 Å². The third kappa shape index (κ3) is 4.52. The van der Waals surface area contributed by atoms with Gasteiger partial charge in [-0.1, -0.05) is 34.8 Å². The van der Waals surface area contributed by atoms with Gasteiger partial charge in [0.15, 0.2) is 0 Å². The van der Waals surface area contributed by atoms with Crippen molar-refractivity contribution in [3.8, 4) is 0 Å². The second kappa shape index (κ2) is 7.24. The number of aliphatic hydroxyl groups is 1. The quantitative estimate of drug-likeness (QED) is 0.756. The molecule has 0 aromatic heterocycles. The first-order valence-corrected chi connectivity index (χ1v) is 6.71. The molecule has 1 nitrogen and oxygen atoms in total. The van der Waals surface area contributed by atoms with E-state index in [2.05, 4.69) is 22.5 Å². The van der Waals surface area contributed by atoms with Crippen LogP contribution in [0.15, 0.2) is 22.7 Å². The van der Waals surface area contributed by atoms with Gasteiger partial charge in [-0.3, -0.25) is 0 Å². The third-order valence-corrected chi connectivity index (χ3v) is 3.89. The predicted molar refractivity (Wildman–Crippen MR) is 69.1 cm³/mol. The zero-order valence-electron chi connectivity index (χ0n) is 9.34. The van der Waals surface area contributed by atoms with Gasteiger partial charge in [-0.25, -0.2) is 0 Å². The van der Waals surface area contributed by atoms with Gasteiger partial charge in [0, 0.05) is 0 Å². The van der Waals surface area contributed by atoms with E-state index in [1.54, 1.807) is 0 Å². The summed E-state index contributed by atoms with van der Waals surface area (Å²) >= 11 is 3.63. The van der Waals surface area contributed by atoms with Gasteiger partial charge < -0.3 is 5.11 Å². The van der Waals surface area contributed by atoms with E-state index in [9.17, 15) is 5.11 Å². The van der Waals surface area contributed by atoms with Crippen LogP contribution < -0.4 is 0 Å². The highest BCUT2D eigenvalue weighted by Crippen LogP contribution is 2.30. The fourth-order valence-electron chi connectivity index (χ4n) is 2.04. The maximum Gasteiger partial charge on any atom is 0.0763 e. The molecule has 0 saturated heterocycles. The van der Waals surface area contributed by atoms with Crippen LogP contribution in [0.4, 0.5) is 0 Å². The Morgan fingerprint density at radius 1 is 1.27 bits per heavy atom. The fraction of sp³-hybridized carbons (Fsp3) is 0.692. The Labute approximate surface area is 101 Å².